The van der Waals surface area contributed by atoms with Crippen LogP contribution >= 0.6 is 11.6 Å². The molecule has 1 saturated heterocycles. The van der Waals surface area contributed by atoms with E-state index in [4.69, 9.17) is 11.6 Å². The smallest absolute Gasteiger partial charge is 0.167 e. The number of nitrogens with zero attached hydrogens (tertiary/aromatic N) is 3. The Balaban J connectivity index is 2.23. The van der Waals surface area contributed by atoms with Crippen molar-refractivity contribution in [1.82, 2.24) is 9.88 Å². The first-order chi connectivity index (χ1) is 7.99. The average Bonchev–Trinajstić information content (AvgIpc) is 2.25. The normalized spacial score (nSPS) is 26.3. The topological polar surface area (TPSA) is 19.4 Å². The predicted octanol–water partition coefficient (Wildman–Crippen LogP) is 2.40. The summed E-state index contributed by atoms with van der Waals surface area (Å²) in [5, 5.41) is 0.335. The highest BCUT2D eigenvalue weighted by Gasteiger charge is 2.28. The van der Waals surface area contributed by atoms with E-state index in [9.17, 15) is 4.39 Å². The van der Waals surface area contributed by atoms with Gasteiger partial charge in [0.05, 0.1) is 5.02 Å². The van der Waals surface area contributed by atoms with Crippen LogP contribution in [0.1, 0.15) is 13.8 Å². The fourth-order valence-electron chi connectivity index (χ4n) is 2.22. The van der Waals surface area contributed by atoms with E-state index in [1.54, 1.807) is 0 Å². The van der Waals surface area contributed by atoms with Crippen LogP contribution in [0, 0.1) is 5.82 Å². The minimum atomic E-state index is -0.346. The third-order valence-corrected chi connectivity index (χ3v) is 3.65. The van der Waals surface area contributed by atoms with Crippen molar-refractivity contribution >= 4 is 17.4 Å². The lowest BCUT2D eigenvalue weighted by Crippen LogP contribution is -2.55. The van der Waals surface area contributed by atoms with E-state index in [1.165, 1.54) is 12.3 Å². The first-order valence-electron chi connectivity index (χ1n) is 5.77. The number of aromatic nitrogens is 1. The van der Waals surface area contributed by atoms with E-state index in [-0.39, 0.29) is 5.82 Å². The molecule has 0 bridgehead atoms. The zero-order valence-corrected chi connectivity index (χ0v) is 11.1. The van der Waals surface area contributed by atoms with Gasteiger partial charge < -0.3 is 4.90 Å². The van der Waals surface area contributed by atoms with Gasteiger partial charge in [-0.15, -0.1) is 0 Å². The summed E-state index contributed by atoms with van der Waals surface area (Å²) in [5.74, 6) is 0.0580. The van der Waals surface area contributed by atoms with Crippen molar-refractivity contribution in [3.63, 3.8) is 0 Å². The summed E-state index contributed by atoms with van der Waals surface area (Å²) >= 11 is 5.71. The fourth-order valence-corrected chi connectivity index (χ4v) is 2.36. The molecule has 5 heteroatoms. The molecule has 94 valence electrons. The molecule has 2 unspecified atom stereocenters. The van der Waals surface area contributed by atoms with E-state index >= 15 is 0 Å². The highest BCUT2D eigenvalue weighted by atomic mass is 35.5. The molecule has 0 aliphatic carbocycles. The van der Waals surface area contributed by atoms with E-state index in [1.807, 2.05) is 4.90 Å². The highest BCUT2D eigenvalue weighted by Crippen LogP contribution is 2.23. The molecule has 0 N–H and O–H groups in total. The van der Waals surface area contributed by atoms with Crippen LogP contribution in [-0.4, -0.2) is 42.1 Å². The summed E-state index contributed by atoms with van der Waals surface area (Å²) < 4.78 is 13.8. The van der Waals surface area contributed by atoms with Crippen molar-refractivity contribution in [1.29, 1.82) is 0 Å². The molecule has 0 amide bonds. The van der Waals surface area contributed by atoms with Crippen molar-refractivity contribution in [2.24, 2.45) is 0 Å². The second-order valence-corrected chi connectivity index (χ2v) is 5.16. The van der Waals surface area contributed by atoms with Crippen LogP contribution in [0.4, 0.5) is 10.2 Å². The van der Waals surface area contributed by atoms with Gasteiger partial charge in [0.1, 0.15) is 0 Å². The number of likely N-dealkylation sites (N-methyl/N-ethyl adjacent to an activating group) is 1. The summed E-state index contributed by atoms with van der Waals surface area (Å²) in [7, 11) is 2.10. The molecule has 1 aromatic rings. The monoisotopic (exact) mass is 257 g/mol. The lowest BCUT2D eigenvalue weighted by molar-refractivity contribution is 0.169. The Morgan fingerprint density at radius 1 is 1.35 bits per heavy atom. The van der Waals surface area contributed by atoms with Crippen molar-refractivity contribution in [2.45, 2.75) is 25.9 Å². The Labute approximate surface area is 106 Å². The van der Waals surface area contributed by atoms with E-state index in [0.717, 1.165) is 13.1 Å². The second kappa shape index (κ2) is 4.78. The third-order valence-electron chi connectivity index (χ3n) is 3.45. The first-order valence-corrected chi connectivity index (χ1v) is 6.14. The maximum absolute atomic E-state index is 13.8. The van der Waals surface area contributed by atoms with Crippen molar-refractivity contribution < 1.29 is 4.39 Å². The molecule has 3 nitrogen and oxygen atoms in total. The van der Waals surface area contributed by atoms with E-state index in [2.05, 4.69) is 30.8 Å². The first kappa shape index (κ1) is 12.6. The number of piperazine rings is 1. The molecule has 1 aliphatic rings. The Bertz CT molecular complexity index is 401. The third kappa shape index (κ3) is 2.53. The number of rotatable bonds is 1. The van der Waals surface area contributed by atoms with Gasteiger partial charge in [0.25, 0.3) is 0 Å². The van der Waals surface area contributed by atoms with Crippen LogP contribution in [0.15, 0.2) is 12.3 Å². The number of hydrogen-bond acceptors (Lipinski definition) is 3. The van der Waals surface area contributed by atoms with Crippen molar-refractivity contribution in [3.05, 3.63) is 23.1 Å². The molecular formula is C12H17ClFN3. The molecule has 1 fully saturated rings. The van der Waals surface area contributed by atoms with Gasteiger partial charge in [-0.25, -0.2) is 9.37 Å². The molecule has 2 atom stereocenters. The lowest BCUT2D eigenvalue weighted by Gasteiger charge is -2.42. The lowest BCUT2D eigenvalue weighted by atomic mass is 10.1. The Morgan fingerprint density at radius 2 is 1.94 bits per heavy atom. The van der Waals surface area contributed by atoms with Gasteiger partial charge >= 0.3 is 0 Å². The van der Waals surface area contributed by atoms with Gasteiger partial charge in [0, 0.05) is 31.4 Å². The van der Waals surface area contributed by atoms with E-state index < -0.39 is 0 Å². The quantitative estimate of drug-likeness (QED) is 0.770. The Hall–Kier alpha value is -0.870. The molecule has 1 aliphatic heterocycles. The predicted molar refractivity (Wildman–Crippen MR) is 68.1 cm³/mol. The zero-order chi connectivity index (χ0) is 12.6. The van der Waals surface area contributed by atoms with Gasteiger partial charge in [-0.3, -0.25) is 4.90 Å². The zero-order valence-electron chi connectivity index (χ0n) is 10.3. The molecule has 17 heavy (non-hydrogen) atoms. The van der Waals surface area contributed by atoms with Crippen molar-refractivity contribution in [3.8, 4) is 0 Å². The van der Waals surface area contributed by atoms with Gasteiger partial charge in [-0.05, 0) is 27.0 Å². The molecule has 0 spiro atoms. The molecule has 1 aromatic heterocycles. The summed E-state index contributed by atoms with van der Waals surface area (Å²) in [6.07, 6.45) is 1.49. The summed E-state index contributed by atoms with van der Waals surface area (Å²) in [5.41, 5.74) is 0. The standard InChI is InChI=1S/C12H17ClFN3/c1-8-6-17(7-9(2)16(8)3)12-11(14)4-10(13)5-15-12/h4-5,8-9H,6-7H2,1-3H3. The van der Waals surface area contributed by atoms with Crippen LogP contribution in [0.5, 0.6) is 0 Å². The van der Waals surface area contributed by atoms with Gasteiger partial charge in [-0.1, -0.05) is 11.6 Å². The van der Waals surface area contributed by atoms with Crippen LogP contribution in [0.3, 0.4) is 0 Å². The summed E-state index contributed by atoms with van der Waals surface area (Å²) in [6.45, 7) is 5.84. The van der Waals surface area contributed by atoms with Crippen LogP contribution in [0.2, 0.25) is 5.02 Å². The van der Waals surface area contributed by atoms with Crippen LogP contribution in [0.25, 0.3) is 0 Å². The minimum Gasteiger partial charge on any atom is -0.351 e. The average molecular weight is 258 g/mol. The largest absolute Gasteiger partial charge is 0.351 e. The number of pyridine rings is 1. The van der Waals surface area contributed by atoms with Gasteiger partial charge in [-0.2, -0.15) is 0 Å². The molecule has 2 rings (SSSR count). The second-order valence-electron chi connectivity index (χ2n) is 4.73. The van der Waals surface area contributed by atoms with Gasteiger partial charge in [0.2, 0.25) is 0 Å². The maximum atomic E-state index is 13.8. The number of halogens is 2. The summed E-state index contributed by atoms with van der Waals surface area (Å²) in [6, 6.07) is 2.09. The SMILES string of the molecule is CC1CN(c2ncc(Cl)cc2F)CC(C)N1C. The Kier molecular flexibility index (Phi) is 3.54. The van der Waals surface area contributed by atoms with Gasteiger partial charge in [0.15, 0.2) is 11.6 Å². The summed E-state index contributed by atoms with van der Waals surface area (Å²) in [4.78, 5) is 8.38. The van der Waals surface area contributed by atoms with E-state index in [0.29, 0.717) is 22.9 Å². The van der Waals surface area contributed by atoms with Crippen LogP contribution in [-0.2, 0) is 0 Å². The molecule has 0 aromatic carbocycles. The molecule has 0 radical (unpaired) electrons. The molecule has 2 heterocycles. The fraction of sp³-hybridized carbons (Fsp3) is 0.583. The van der Waals surface area contributed by atoms with Crippen molar-refractivity contribution in [2.75, 3.05) is 25.0 Å². The molecule has 0 saturated carbocycles. The minimum absolute atomic E-state index is 0.335. The number of anilines is 1. The number of hydrogen-bond donors (Lipinski definition) is 0. The molecular weight excluding hydrogens is 241 g/mol. The highest BCUT2D eigenvalue weighted by molar-refractivity contribution is 6.30. The Morgan fingerprint density at radius 3 is 2.47 bits per heavy atom. The van der Waals surface area contributed by atoms with Crippen LogP contribution < -0.4 is 4.90 Å². The maximum Gasteiger partial charge on any atom is 0.167 e.